The summed E-state index contributed by atoms with van der Waals surface area (Å²) in [5.41, 5.74) is 1.49. The van der Waals surface area contributed by atoms with Crippen molar-refractivity contribution in [3.05, 3.63) is 48.2 Å². The number of ether oxygens (including phenoxy) is 1. The van der Waals surface area contributed by atoms with E-state index in [1.165, 1.54) is 12.3 Å². The van der Waals surface area contributed by atoms with E-state index in [9.17, 15) is 9.59 Å². The van der Waals surface area contributed by atoms with Crippen LogP contribution < -0.4 is 5.32 Å². The summed E-state index contributed by atoms with van der Waals surface area (Å²) in [5.74, 6) is -1.02. The number of carboxylic acids is 1. The molecule has 0 fully saturated rings. The van der Waals surface area contributed by atoms with Crippen molar-refractivity contribution in [3.63, 3.8) is 0 Å². The fourth-order valence-corrected chi connectivity index (χ4v) is 1.87. The van der Waals surface area contributed by atoms with Gasteiger partial charge in [-0.25, -0.2) is 9.59 Å². The number of aromatic nitrogens is 1. The van der Waals surface area contributed by atoms with Crippen LogP contribution in [0.3, 0.4) is 0 Å². The summed E-state index contributed by atoms with van der Waals surface area (Å²) < 4.78 is 5.20. The predicted molar refractivity (Wildman–Crippen MR) is 86.5 cm³/mol. The van der Waals surface area contributed by atoms with Crippen molar-refractivity contribution in [1.82, 2.24) is 4.98 Å². The van der Waals surface area contributed by atoms with Gasteiger partial charge in [-0.2, -0.15) is 0 Å². The molecule has 0 radical (unpaired) electrons. The number of hydrogen-bond donors (Lipinski definition) is 2. The molecule has 0 spiro atoms. The molecule has 1 aromatic heterocycles. The summed E-state index contributed by atoms with van der Waals surface area (Å²) in [6, 6.07) is 10.2. The number of rotatable bonds is 3. The van der Waals surface area contributed by atoms with E-state index in [0.717, 1.165) is 5.56 Å². The Kier molecular flexibility index (Phi) is 4.64. The molecule has 0 bridgehead atoms. The highest BCUT2D eigenvalue weighted by Crippen LogP contribution is 2.21. The molecule has 6 nitrogen and oxygen atoms in total. The topological polar surface area (TPSA) is 88.5 Å². The minimum Gasteiger partial charge on any atom is -0.478 e. The average Bonchev–Trinajstić information content (AvgIpc) is 2.45. The second-order valence-corrected chi connectivity index (χ2v) is 5.94. The Balaban J connectivity index is 2.16. The maximum absolute atomic E-state index is 11.8. The van der Waals surface area contributed by atoms with Crippen molar-refractivity contribution in [2.24, 2.45) is 0 Å². The van der Waals surface area contributed by atoms with E-state index in [2.05, 4.69) is 10.3 Å². The lowest BCUT2D eigenvalue weighted by Crippen LogP contribution is -2.27. The molecule has 120 valence electrons. The normalized spacial score (nSPS) is 10.9. The first kappa shape index (κ1) is 16.5. The third kappa shape index (κ3) is 4.81. The van der Waals surface area contributed by atoms with Crippen LogP contribution in [0, 0.1) is 0 Å². The van der Waals surface area contributed by atoms with Gasteiger partial charge in [0.25, 0.3) is 0 Å². The molecule has 0 aliphatic rings. The molecule has 1 amide bonds. The quantitative estimate of drug-likeness (QED) is 0.899. The second-order valence-electron chi connectivity index (χ2n) is 5.94. The van der Waals surface area contributed by atoms with Crippen LogP contribution in [-0.2, 0) is 4.74 Å². The molecule has 0 unspecified atom stereocenters. The van der Waals surface area contributed by atoms with Crippen molar-refractivity contribution < 1.29 is 19.4 Å². The number of aromatic carboxylic acids is 1. The summed E-state index contributed by atoms with van der Waals surface area (Å²) in [6.45, 7) is 5.37. The lowest BCUT2D eigenvalue weighted by atomic mass is 10.1. The Bertz CT molecular complexity index is 718. The van der Waals surface area contributed by atoms with E-state index < -0.39 is 17.7 Å². The number of nitrogens with one attached hydrogen (secondary N) is 1. The summed E-state index contributed by atoms with van der Waals surface area (Å²) >= 11 is 0. The van der Waals surface area contributed by atoms with Gasteiger partial charge >= 0.3 is 12.1 Å². The van der Waals surface area contributed by atoms with Crippen LogP contribution >= 0.6 is 0 Å². The number of carboxylic acid groups (broad SMARTS) is 1. The van der Waals surface area contributed by atoms with E-state index in [4.69, 9.17) is 9.84 Å². The van der Waals surface area contributed by atoms with E-state index in [-0.39, 0.29) is 5.56 Å². The second kappa shape index (κ2) is 6.48. The van der Waals surface area contributed by atoms with Crippen LogP contribution in [0.25, 0.3) is 11.3 Å². The molecule has 0 saturated carbocycles. The smallest absolute Gasteiger partial charge is 0.412 e. The molecule has 1 heterocycles. The van der Waals surface area contributed by atoms with Gasteiger partial charge in [0.1, 0.15) is 5.60 Å². The molecule has 0 aliphatic carbocycles. The third-order valence-corrected chi connectivity index (χ3v) is 2.81. The number of benzene rings is 1. The first-order chi connectivity index (χ1) is 10.7. The van der Waals surface area contributed by atoms with Crippen molar-refractivity contribution in [1.29, 1.82) is 0 Å². The summed E-state index contributed by atoms with van der Waals surface area (Å²) in [4.78, 5) is 26.7. The zero-order valence-electron chi connectivity index (χ0n) is 13.2. The van der Waals surface area contributed by atoms with Gasteiger partial charge in [0, 0.05) is 17.4 Å². The standard InChI is InChI=1S/C17H18N2O4/c1-17(2,3)23-16(22)19-13-6-4-5-11(9-13)14-8-7-12(10-18-14)15(20)21/h4-10H,1-3H3,(H,19,22)(H,20,21). The average molecular weight is 314 g/mol. The van der Waals surface area contributed by atoms with E-state index >= 15 is 0 Å². The van der Waals surface area contributed by atoms with Crippen molar-refractivity contribution in [2.75, 3.05) is 5.32 Å². The molecule has 2 rings (SSSR count). The lowest BCUT2D eigenvalue weighted by molar-refractivity contribution is 0.0634. The minimum absolute atomic E-state index is 0.122. The zero-order valence-corrected chi connectivity index (χ0v) is 13.2. The van der Waals surface area contributed by atoms with Crippen LogP contribution in [0.1, 0.15) is 31.1 Å². The highest BCUT2D eigenvalue weighted by molar-refractivity contribution is 5.88. The van der Waals surface area contributed by atoms with Crippen molar-refractivity contribution in [3.8, 4) is 11.3 Å². The van der Waals surface area contributed by atoms with Gasteiger partial charge in [-0.1, -0.05) is 12.1 Å². The Morgan fingerprint density at radius 3 is 2.48 bits per heavy atom. The number of amides is 1. The van der Waals surface area contributed by atoms with E-state index in [1.54, 1.807) is 45.0 Å². The molecule has 0 saturated heterocycles. The summed E-state index contributed by atoms with van der Waals surface area (Å²) in [5, 5.41) is 11.5. The molecular formula is C17H18N2O4. The molecule has 0 aliphatic heterocycles. The van der Waals surface area contributed by atoms with E-state index in [0.29, 0.717) is 11.4 Å². The van der Waals surface area contributed by atoms with Crippen molar-refractivity contribution >= 4 is 17.7 Å². The minimum atomic E-state index is -1.02. The van der Waals surface area contributed by atoms with Crippen LogP contribution in [0.5, 0.6) is 0 Å². The Labute approximate surface area is 134 Å². The fourth-order valence-electron chi connectivity index (χ4n) is 1.87. The molecule has 0 atom stereocenters. The number of carbonyl (C=O) groups is 2. The predicted octanol–water partition coefficient (Wildman–Crippen LogP) is 3.79. The Morgan fingerprint density at radius 2 is 1.91 bits per heavy atom. The summed E-state index contributed by atoms with van der Waals surface area (Å²) in [7, 11) is 0. The van der Waals surface area contributed by atoms with Crippen LogP contribution in [0.4, 0.5) is 10.5 Å². The van der Waals surface area contributed by atoms with Gasteiger partial charge in [-0.15, -0.1) is 0 Å². The van der Waals surface area contributed by atoms with E-state index in [1.807, 2.05) is 6.07 Å². The molecule has 1 aromatic carbocycles. The van der Waals surface area contributed by atoms with Gasteiger partial charge < -0.3 is 9.84 Å². The van der Waals surface area contributed by atoms with Gasteiger partial charge in [-0.05, 0) is 45.0 Å². The first-order valence-electron chi connectivity index (χ1n) is 7.04. The number of anilines is 1. The SMILES string of the molecule is CC(C)(C)OC(=O)Nc1cccc(-c2ccc(C(=O)O)cn2)c1. The number of pyridine rings is 1. The molecule has 23 heavy (non-hydrogen) atoms. The molecule has 2 N–H and O–H groups in total. The Morgan fingerprint density at radius 1 is 1.17 bits per heavy atom. The van der Waals surface area contributed by atoms with Gasteiger partial charge in [0.05, 0.1) is 11.3 Å². The number of hydrogen-bond acceptors (Lipinski definition) is 4. The third-order valence-electron chi connectivity index (χ3n) is 2.81. The zero-order chi connectivity index (χ0) is 17.0. The lowest BCUT2D eigenvalue weighted by Gasteiger charge is -2.19. The highest BCUT2D eigenvalue weighted by Gasteiger charge is 2.16. The molecular weight excluding hydrogens is 296 g/mol. The molecule has 2 aromatic rings. The highest BCUT2D eigenvalue weighted by atomic mass is 16.6. The number of carbonyl (C=O) groups excluding carboxylic acids is 1. The van der Waals surface area contributed by atoms with Crippen LogP contribution in [-0.4, -0.2) is 27.8 Å². The van der Waals surface area contributed by atoms with Crippen LogP contribution in [0.2, 0.25) is 0 Å². The fraction of sp³-hybridized carbons (Fsp3) is 0.235. The van der Waals surface area contributed by atoms with Gasteiger partial charge in [-0.3, -0.25) is 10.3 Å². The van der Waals surface area contributed by atoms with Gasteiger partial charge in [0.15, 0.2) is 0 Å². The monoisotopic (exact) mass is 314 g/mol. The molecule has 6 heteroatoms. The van der Waals surface area contributed by atoms with Crippen LogP contribution in [0.15, 0.2) is 42.6 Å². The van der Waals surface area contributed by atoms with Crippen molar-refractivity contribution in [2.45, 2.75) is 26.4 Å². The maximum Gasteiger partial charge on any atom is 0.412 e. The van der Waals surface area contributed by atoms with Gasteiger partial charge in [0.2, 0.25) is 0 Å². The number of nitrogens with zero attached hydrogens (tertiary/aromatic N) is 1. The Hall–Kier alpha value is -2.89. The first-order valence-corrected chi connectivity index (χ1v) is 7.04. The largest absolute Gasteiger partial charge is 0.478 e. The maximum atomic E-state index is 11.8. The summed E-state index contributed by atoms with van der Waals surface area (Å²) in [6.07, 6.45) is 0.759.